The summed E-state index contributed by atoms with van der Waals surface area (Å²) in [5.41, 5.74) is 6.11. The number of aliphatic hydroxyl groups excluding tert-OH is 5. The first-order valence-electron chi connectivity index (χ1n) is 11.8. The van der Waals surface area contributed by atoms with Crippen molar-refractivity contribution in [2.24, 2.45) is 10.7 Å². The molecule has 4 heterocycles. The second-order valence-electron chi connectivity index (χ2n) is 9.53. The highest BCUT2D eigenvalue weighted by molar-refractivity contribution is 5.97. The van der Waals surface area contributed by atoms with Gasteiger partial charge in [0.05, 0.1) is 25.7 Å². The van der Waals surface area contributed by atoms with Gasteiger partial charge in [-0.25, -0.2) is 0 Å². The van der Waals surface area contributed by atoms with Gasteiger partial charge in [-0.3, -0.25) is 15.3 Å². The number of carbonyl (C=O) groups is 2. The minimum Gasteiger partial charge on any atom is -0.394 e. The van der Waals surface area contributed by atoms with Crippen LogP contribution in [0, 0.1) is 0 Å². The molecule has 0 spiro atoms. The van der Waals surface area contributed by atoms with Gasteiger partial charge in [0, 0.05) is 13.0 Å². The van der Waals surface area contributed by atoms with E-state index in [0.29, 0.717) is 0 Å². The minimum absolute atomic E-state index is 0.0683. The van der Waals surface area contributed by atoms with E-state index in [4.69, 9.17) is 15.2 Å². The molecule has 2 saturated heterocycles. The molecular weight excluding hydrogens is 525 g/mol. The fourth-order valence-corrected chi connectivity index (χ4v) is 5.03. The van der Waals surface area contributed by atoms with E-state index in [1.165, 1.54) is 6.34 Å². The number of carbonyl (C=O) groups excluding carboxylic acids is 2. The maximum atomic E-state index is 13.0. The lowest BCUT2D eigenvalue weighted by Crippen LogP contribution is -2.74. The average Bonchev–Trinajstić information content (AvgIpc) is 3.50. The van der Waals surface area contributed by atoms with Crippen molar-refractivity contribution >= 4 is 18.2 Å². The van der Waals surface area contributed by atoms with Crippen LogP contribution in [-0.4, -0.2) is 123 Å². The van der Waals surface area contributed by atoms with E-state index >= 15 is 0 Å². The number of hydrogen-bond acceptors (Lipinski definition) is 12. The molecule has 0 aliphatic carbocycles. The van der Waals surface area contributed by atoms with Crippen LogP contribution in [0.4, 0.5) is 13.2 Å². The molecule has 0 aromatic heterocycles. The van der Waals surface area contributed by atoms with E-state index in [0.717, 1.165) is 0 Å². The highest BCUT2D eigenvalue weighted by Crippen LogP contribution is 2.43. The number of halogens is 3. The molecule has 10 N–H and O–H groups in total. The molecule has 0 radical (unpaired) electrons. The lowest BCUT2D eigenvalue weighted by Gasteiger charge is -2.45. The number of nitrogens with zero attached hydrogens (tertiary/aromatic N) is 2. The van der Waals surface area contributed by atoms with Crippen LogP contribution >= 0.6 is 0 Å². The summed E-state index contributed by atoms with van der Waals surface area (Å²) in [6, 6.07) is 0. The van der Waals surface area contributed by atoms with Gasteiger partial charge in [-0.15, -0.1) is 0 Å². The van der Waals surface area contributed by atoms with Crippen molar-refractivity contribution in [3.05, 3.63) is 11.5 Å². The molecule has 2 amide bonds. The van der Waals surface area contributed by atoms with Gasteiger partial charge in [0.2, 0.25) is 30.3 Å². The van der Waals surface area contributed by atoms with Gasteiger partial charge in [-0.1, -0.05) is 0 Å². The van der Waals surface area contributed by atoms with Crippen LogP contribution in [0.3, 0.4) is 0 Å². The summed E-state index contributed by atoms with van der Waals surface area (Å²) >= 11 is 0. The number of ether oxygens (including phenoxy) is 2. The molecule has 2 fully saturated rings. The van der Waals surface area contributed by atoms with Gasteiger partial charge in [0.1, 0.15) is 18.3 Å². The largest absolute Gasteiger partial charge is 0.471 e. The first kappa shape index (κ1) is 28.6. The van der Waals surface area contributed by atoms with E-state index in [1.54, 1.807) is 5.32 Å². The van der Waals surface area contributed by atoms with Gasteiger partial charge < -0.3 is 51.0 Å². The van der Waals surface area contributed by atoms with Crippen LogP contribution in [0.2, 0.25) is 0 Å². The van der Waals surface area contributed by atoms with Crippen molar-refractivity contribution in [3.63, 3.8) is 0 Å². The third-order valence-corrected chi connectivity index (χ3v) is 6.97. The Morgan fingerprint density at radius 3 is 2.45 bits per heavy atom. The predicted octanol–water partition coefficient (Wildman–Crippen LogP) is -4.29. The maximum Gasteiger partial charge on any atom is 0.471 e. The molecule has 0 aromatic carbocycles. The second-order valence-corrected chi connectivity index (χ2v) is 9.53. The summed E-state index contributed by atoms with van der Waals surface area (Å²) < 4.78 is 48.2. The van der Waals surface area contributed by atoms with Crippen LogP contribution in [0.15, 0.2) is 16.5 Å². The molecule has 214 valence electrons. The molecule has 18 heteroatoms. The third-order valence-electron chi connectivity index (χ3n) is 6.97. The molecule has 2 unspecified atom stereocenters. The quantitative estimate of drug-likeness (QED) is 0.103. The van der Waals surface area contributed by atoms with Crippen LogP contribution < -0.4 is 21.7 Å². The summed E-state index contributed by atoms with van der Waals surface area (Å²) in [5, 5.41) is 57.9. The molecular formula is C20H30F3N6O9+. The van der Waals surface area contributed by atoms with Gasteiger partial charge in [0.15, 0.2) is 11.9 Å². The first-order chi connectivity index (χ1) is 17.8. The molecule has 0 aromatic rings. The molecule has 38 heavy (non-hydrogen) atoms. The van der Waals surface area contributed by atoms with Crippen LogP contribution in [0.25, 0.3) is 0 Å². The van der Waals surface area contributed by atoms with Crippen LogP contribution in [-0.2, 0) is 19.1 Å². The van der Waals surface area contributed by atoms with E-state index in [-0.39, 0.29) is 30.8 Å². The Morgan fingerprint density at radius 2 is 1.87 bits per heavy atom. The lowest BCUT2D eigenvalue weighted by molar-refractivity contribution is -0.900. The Balaban J connectivity index is 1.63. The number of aliphatic imine (C=N–C) groups is 1. The monoisotopic (exact) mass is 555 g/mol. The van der Waals surface area contributed by atoms with E-state index < -0.39 is 91.0 Å². The summed E-state index contributed by atoms with van der Waals surface area (Å²) in [7, 11) is 0. The van der Waals surface area contributed by atoms with Gasteiger partial charge in [-0.05, 0) is 6.42 Å². The van der Waals surface area contributed by atoms with Gasteiger partial charge >= 0.3 is 12.1 Å². The molecule has 0 saturated carbocycles. The minimum atomic E-state index is -5.06. The molecule has 9 atom stereocenters. The number of alkyl halides is 3. The van der Waals surface area contributed by atoms with Gasteiger partial charge in [-0.2, -0.15) is 22.6 Å². The lowest BCUT2D eigenvalue weighted by atomic mass is 10.1. The van der Waals surface area contributed by atoms with E-state index in [2.05, 4.69) is 15.6 Å². The van der Waals surface area contributed by atoms with Crippen molar-refractivity contribution in [1.82, 2.24) is 16.0 Å². The van der Waals surface area contributed by atoms with Crippen molar-refractivity contribution in [3.8, 4) is 0 Å². The van der Waals surface area contributed by atoms with E-state index in [9.17, 15) is 48.3 Å². The first-order valence-corrected chi connectivity index (χ1v) is 11.8. The summed E-state index contributed by atoms with van der Waals surface area (Å²) in [6.07, 6.45) is -13.5. The zero-order valence-corrected chi connectivity index (χ0v) is 19.8. The fourth-order valence-electron chi connectivity index (χ4n) is 5.03. The molecule has 4 aliphatic heterocycles. The number of amides is 2. The van der Waals surface area contributed by atoms with Crippen molar-refractivity contribution in [2.75, 3.05) is 19.8 Å². The zero-order chi connectivity index (χ0) is 28.0. The Hall–Kier alpha value is -2.42. The van der Waals surface area contributed by atoms with Crippen molar-refractivity contribution in [1.29, 1.82) is 0 Å². The zero-order valence-electron chi connectivity index (χ0n) is 19.8. The average molecular weight is 555 g/mol. The second kappa shape index (κ2) is 10.3. The molecule has 4 aliphatic rings. The number of rotatable bonds is 8. The Bertz CT molecular complexity index is 1020. The number of quaternary nitrogens is 1. The van der Waals surface area contributed by atoms with Crippen LogP contribution in [0.1, 0.15) is 19.3 Å². The number of hydrogen-bond donors (Lipinski definition) is 9. The highest BCUT2D eigenvalue weighted by Gasteiger charge is 2.65. The predicted molar refractivity (Wildman–Crippen MR) is 116 cm³/mol. The summed E-state index contributed by atoms with van der Waals surface area (Å²) in [6.45, 7) is -1.64. The topological polar surface area (TPSA) is 228 Å². The van der Waals surface area contributed by atoms with Crippen molar-refractivity contribution < 1.29 is 62.2 Å². The molecule has 4 rings (SSSR count). The van der Waals surface area contributed by atoms with Gasteiger partial charge in [0.25, 0.3) is 5.91 Å². The number of nitrogens with one attached hydrogen (secondary N) is 3. The Labute approximate surface area is 213 Å². The maximum absolute atomic E-state index is 13.0. The normalized spacial score (nSPS) is 40.8. The summed E-state index contributed by atoms with van der Waals surface area (Å²) in [5.74, 6) is -4.77. The number of aliphatic hydroxyl groups is 5. The Kier molecular flexibility index (Phi) is 7.73. The third kappa shape index (κ3) is 4.87. The van der Waals surface area contributed by atoms with E-state index in [1.807, 2.05) is 0 Å². The fraction of sp³-hybridized carbons (Fsp3) is 0.750. The molecule has 0 bridgehead atoms. The smallest absolute Gasteiger partial charge is 0.394 e. The molecule has 15 nitrogen and oxygen atoms in total. The number of nitrogens with two attached hydrogens (primary N) is 1. The highest BCUT2D eigenvalue weighted by atomic mass is 19.4. The standard InChI is InChI=1S/C20H29F3N6O9/c21-20(22,23)18(36)25-3-1-2-19(24)27-15-12(16(35)28-19)26-7-29(15,11-4-8(32)9(5-30)37-11)17-14(34)13(33)10(6-31)38-17/h7-11,13-14,17,30-34H,1-6,24H2,(H2-,25,27,28,35,36)/p+1/t8-,9+,10+,11-,13+,14+,17+,19?,29?/m0/s1. The van der Waals surface area contributed by atoms with Crippen LogP contribution in [0.5, 0.6) is 0 Å². The SMILES string of the molecule is NC1(CCCNC(=O)C(F)(F)F)NC(=O)C2=C(N1)[N+]([C@@H]1C[C@H](O)[C@@H](CO)O1)([C@@H]1O[C@H](CO)[C@@H](O)[C@H]1O)C=N2. The Morgan fingerprint density at radius 1 is 1.18 bits per heavy atom. The summed E-state index contributed by atoms with van der Waals surface area (Å²) in [4.78, 5) is 28.2. The van der Waals surface area contributed by atoms with Crippen molar-refractivity contribution in [2.45, 2.75) is 74.2 Å².